The maximum Gasteiger partial charge on any atom is 0.342 e. The summed E-state index contributed by atoms with van der Waals surface area (Å²) < 4.78 is 58.1. The lowest BCUT2D eigenvalue weighted by atomic mass is 10.2. The topological polar surface area (TPSA) is 122 Å². The SMILES string of the molecule is O=C(COC(=O)c1ccc(NS(=O)(=O)c2cccs2)cc1O)Nc1cc(F)ccc1F. The van der Waals surface area contributed by atoms with Crippen LogP contribution in [0.1, 0.15) is 10.4 Å². The molecule has 3 aromatic rings. The number of benzene rings is 2. The summed E-state index contributed by atoms with van der Waals surface area (Å²) in [7, 11) is -3.85. The van der Waals surface area contributed by atoms with Gasteiger partial charge in [-0.2, -0.15) is 0 Å². The molecule has 162 valence electrons. The Morgan fingerprint density at radius 3 is 2.55 bits per heavy atom. The number of hydrogen-bond donors (Lipinski definition) is 3. The second-order valence-corrected chi connectivity index (χ2v) is 8.87. The Morgan fingerprint density at radius 2 is 1.87 bits per heavy atom. The second-order valence-electron chi connectivity index (χ2n) is 6.02. The summed E-state index contributed by atoms with van der Waals surface area (Å²) in [6, 6.07) is 8.76. The first-order valence-electron chi connectivity index (χ1n) is 8.47. The van der Waals surface area contributed by atoms with Crippen molar-refractivity contribution < 1.29 is 36.6 Å². The molecule has 0 atom stereocenters. The van der Waals surface area contributed by atoms with E-state index >= 15 is 0 Å². The van der Waals surface area contributed by atoms with Crippen molar-refractivity contribution in [1.29, 1.82) is 0 Å². The highest BCUT2D eigenvalue weighted by Crippen LogP contribution is 2.26. The zero-order chi connectivity index (χ0) is 22.6. The van der Waals surface area contributed by atoms with Crippen molar-refractivity contribution >= 4 is 44.6 Å². The standard InChI is InChI=1S/C19H14F2N2O6S2/c20-11-3-6-14(21)15(8-11)22-17(25)10-29-19(26)13-5-4-12(9-16(13)24)23-31(27,28)18-2-1-7-30-18/h1-9,23-24H,10H2,(H,22,25). The Hall–Kier alpha value is -3.51. The molecule has 8 nitrogen and oxygen atoms in total. The third-order valence-electron chi connectivity index (χ3n) is 3.77. The number of anilines is 2. The first kappa shape index (κ1) is 22.2. The number of phenolic OH excluding ortho intramolecular Hbond substituents is 1. The molecule has 0 aliphatic heterocycles. The summed E-state index contributed by atoms with van der Waals surface area (Å²) in [6.07, 6.45) is 0. The Labute approximate surface area is 179 Å². The van der Waals surface area contributed by atoms with Crippen LogP contribution >= 0.6 is 11.3 Å². The van der Waals surface area contributed by atoms with Crippen LogP contribution in [0.15, 0.2) is 58.1 Å². The van der Waals surface area contributed by atoms with Crippen LogP contribution in [-0.2, 0) is 19.6 Å². The molecule has 0 fully saturated rings. The number of nitrogens with one attached hydrogen (secondary N) is 2. The minimum atomic E-state index is -3.85. The molecule has 0 aliphatic carbocycles. The minimum Gasteiger partial charge on any atom is -0.507 e. The van der Waals surface area contributed by atoms with Crippen molar-refractivity contribution in [2.24, 2.45) is 0 Å². The molecule has 2 aromatic carbocycles. The van der Waals surface area contributed by atoms with Gasteiger partial charge in [0.25, 0.3) is 15.9 Å². The summed E-state index contributed by atoms with van der Waals surface area (Å²) in [5.41, 5.74) is -0.753. The van der Waals surface area contributed by atoms with E-state index in [9.17, 15) is 31.9 Å². The van der Waals surface area contributed by atoms with E-state index in [1.165, 1.54) is 12.1 Å². The third kappa shape index (κ3) is 5.55. The summed E-state index contributed by atoms with van der Waals surface area (Å²) in [6.45, 7) is -0.832. The van der Waals surface area contributed by atoms with Crippen molar-refractivity contribution in [3.8, 4) is 5.75 Å². The summed E-state index contributed by atoms with van der Waals surface area (Å²) in [4.78, 5) is 23.9. The molecule has 0 unspecified atom stereocenters. The highest BCUT2D eigenvalue weighted by molar-refractivity contribution is 7.94. The molecular formula is C19H14F2N2O6S2. The molecular weight excluding hydrogens is 454 g/mol. The largest absolute Gasteiger partial charge is 0.507 e. The molecule has 3 N–H and O–H groups in total. The van der Waals surface area contributed by atoms with Gasteiger partial charge in [0.05, 0.1) is 11.4 Å². The molecule has 1 aromatic heterocycles. The molecule has 0 bridgehead atoms. The molecule has 0 aliphatic rings. The lowest BCUT2D eigenvalue weighted by molar-refractivity contribution is -0.119. The molecule has 0 radical (unpaired) electrons. The number of esters is 1. The molecule has 1 amide bonds. The Morgan fingerprint density at radius 1 is 1.10 bits per heavy atom. The summed E-state index contributed by atoms with van der Waals surface area (Å²) in [5, 5.41) is 13.7. The van der Waals surface area contributed by atoms with Gasteiger partial charge in [-0.15, -0.1) is 11.3 Å². The summed E-state index contributed by atoms with van der Waals surface area (Å²) >= 11 is 1.00. The van der Waals surface area contributed by atoms with Gasteiger partial charge in [0, 0.05) is 12.1 Å². The number of amides is 1. The van der Waals surface area contributed by atoms with Crippen molar-refractivity contribution in [1.82, 2.24) is 0 Å². The Kier molecular flexibility index (Phi) is 6.51. The summed E-state index contributed by atoms with van der Waals surface area (Å²) in [5.74, 6) is -4.25. The van der Waals surface area contributed by atoms with Crippen LogP contribution in [0.2, 0.25) is 0 Å². The fourth-order valence-corrected chi connectivity index (χ4v) is 4.42. The maximum atomic E-state index is 13.5. The molecule has 0 spiro atoms. The first-order chi connectivity index (χ1) is 14.7. The van der Waals surface area contributed by atoms with Crippen LogP contribution in [0.3, 0.4) is 0 Å². The van der Waals surface area contributed by atoms with Gasteiger partial charge in [-0.3, -0.25) is 9.52 Å². The number of carbonyl (C=O) groups excluding carboxylic acids is 2. The highest BCUT2D eigenvalue weighted by atomic mass is 32.2. The van der Waals surface area contributed by atoms with Crippen molar-refractivity contribution in [2.75, 3.05) is 16.6 Å². The van der Waals surface area contributed by atoms with Gasteiger partial charge in [-0.05, 0) is 35.7 Å². The maximum absolute atomic E-state index is 13.5. The van der Waals surface area contributed by atoms with Gasteiger partial charge >= 0.3 is 5.97 Å². The molecule has 0 saturated carbocycles. The Balaban J connectivity index is 1.61. The zero-order valence-electron chi connectivity index (χ0n) is 15.5. The van der Waals surface area contributed by atoms with E-state index in [1.54, 1.807) is 11.4 Å². The second kappa shape index (κ2) is 9.10. The quantitative estimate of drug-likeness (QED) is 0.458. The van der Waals surface area contributed by atoms with E-state index in [0.717, 1.165) is 41.7 Å². The molecule has 31 heavy (non-hydrogen) atoms. The average Bonchev–Trinajstić information content (AvgIpc) is 3.25. The fraction of sp³-hybridized carbons (Fsp3) is 0.0526. The molecule has 0 saturated heterocycles. The minimum absolute atomic E-state index is 0.00164. The zero-order valence-corrected chi connectivity index (χ0v) is 17.1. The van der Waals surface area contributed by atoms with E-state index in [-0.39, 0.29) is 15.5 Å². The van der Waals surface area contributed by atoms with Crippen molar-refractivity contribution in [2.45, 2.75) is 4.21 Å². The Bertz CT molecular complexity index is 1230. The molecule has 12 heteroatoms. The van der Waals surface area contributed by atoms with E-state index in [1.807, 2.05) is 0 Å². The van der Waals surface area contributed by atoms with E-state index in [2.05, 4.69) is 10.0 Å². The third-order valence-corrected chi connectivity index (χ3v) is 6.55. The number of aromatic hydroxyl groups is 1. The van der Waals surface area contributed by atoms with Gasteiger partial charge in [0.2, 0.25) is 0 Å². The molecule has 1 heterocycles. The van der Waals surface area contributed by atoms with Crippen LogP contribution in [0.5, 0.6) is 5.75 Å². The highest BCUT2D eigenvalue weighted by Gasteiger charge is 2.19. The van der Waals surface area contributed by atoms with Gasteiger partial charge < -0.3 is 15.2 Å². The number of thiophene rings is 1. The van der Waals surface area contributed by atoms with E-state index < -0.39 is 51.6 Å². The van der Waals surface area contributed by atoms with Crippen molar-refractivity contribution in [3.63, 3.8) is 0 Å². The lowest BCUT2D eigenvalue weighted by Gasteiger charge is -2.10. The fourth-order valence-electron chi connectivity index (χ4n) is 2.38. The normalized spacial score (nSPS) is 11.0. The number of carbonyl (C=O) groups is 2. The van der Waals surface area contributed by atoms with Gasteiger partial charge in [-0.1, -0.05) is 6.07 Å². The van der Waals surface area contributed by atoms with Crippen LogP contribution < -0.4 is 10.0 Å². The predicted octanol–water partition coefficient (Wildman–Crippen LogP) is 3.33. The van der Waals surface area contributed by atoms with E-state index in [0.29, 0.717) is 0 Å². The number of rotatable bonds is 7. The smallest absolute Gasteiger partial charge is 0.342 e. The van der Waals surface area contributed by atoms with Gasteiger partial charge in [0.1, 0.15) is 27.2 Å². The van der Waals surface area contributed by atoms with Crippen LogP contribution in [-0.4, -0.2) is 32.0 Å². The number of sulfonamides is 1. The molecule has 3 rings (SSSR count). The number of halogens is 2. The van der Waals surface area contributed by atoms with Gasteiger partial charge in [0.15, 0.2) is 6.61 Å². The van der Waals surface area contributed by atoms with E-state index in [4.69, 9.17) is 4.74 Å². The van der Waals surface area contributed by atoms with Crippen LogP contribution in [0, 0.1) is 11.6 Å². The number of phenols is 1. The monoisotopic (exact) mass is 468 g/mol. The first-order valence-corrected chi connectivity index (χ1v) is 10.8. The predicted molar refractivity (Wildman–Crippen MR) is 109 cm³/mol. The number of ether oxygens (including phenoxy) is 1. The van der Waals surface area contributed by atoms with Crippen molar-refractivity contribution in [3.05, 3.63) is 71.1 Å². The average molecular weight is 468 g/mol. The van der Waals surface area contributed by atoms with Crippen LogP contribution in [0.25, 0.3) is 0 Å². The lowest BCUT2D eigenvalue weighted by Crippen LogP contribution is -2.21. The van der Waals surface area contributed by atoms with Crippen LogP contribution in [0.4, 0.5) is 20.2 Å². The van der Waals surface area contributed by atoms with Gasteiger partial charge in [-0.25, -0.2) is 22.0 Å². The number of hydrogen-bond acceptors (Lipinski definition) is 7.